The monoisotopic (exact) mass is 227 g/mol. The molecule has 0 unspecified atom stereocenters. The van der Waals surface area contributed by atoms with Crippen molar-refractivity contribution in [1.29, 1.82) is 0 Å². The van der Waals surface area contributed by atoms with Gasteiger partial charge in [-0.1, -0.05) is 13.3 Å². The molecule has 1 amide bonds. The second kappa shape index (κ2) is 6.78. The molecule has 0 aliphatic rings. The first-order valence-corrected chi connectivity index (χ1v) is 5.32. The van der Waals surface area contributed by atoms with E-state index in [2.05, 4.69) is 32.5 Å². The Morgan fingerprint density at radius 3 is 2.81 bits per heavy atom. The molecule has 7 nitrogen and oxygen atoms in total. The zero-order valence-electron chi connectivity index (χ0n) is 9.32. The average molecular weight is 227 g/mol. The number of hydrogen-bond donors (Lipinski definition) is 3. The fourth-order valence-corrected chi connectivity index (χ4v) is 1.13. The molecule has 0 aromatic carbocycles. The topological polar surface area (TPSA) is 106 Å². The lowest BCUT2D eigenvalue weighted by Gasteiger charge is -2.04. The van der Waals surface area contributed by atoms with Gasteiger partial charge >= 0.3 is 0 Å². The van der Waals surface area contributed by atoms with Crippen molar-refractivity contribution in [2.75, 3.05) is 25.4 Å². The summed E-state index contributed by atoms with van der Waals surface area (Å²) < 4.78 is 4.32. The zero-order valence-corrected chi connectivity index (χ0v) is 9.32. The van der Waals surface area contributed by atoms with E-state index in [0.717, 1.165) is 25.9 Å². The van der Waals surface area contributed by atoms with Crippen LogP contribution in [0.5, 0.6) is 0 Å². The minimum Gasteiger partial charge on any atom is -0.379 e. The number of amides is 1. The molecule has 0 bridgehead atoms. The van der Waals surface area contributed by atoms with E-state index in [4.69, 9.17) is 5.73 Å². The van der Waals surface area contributed by atoms with Gasteiger partial charge in [0.1, 0.15) is 0 Å². The number of aromatic nitrogens is 2. The van der Waals surface area contributed by atoms with Crippen molar-refractivity contribution in [2.24, 2.45) is 0 Å². The SMILES string of the molecule is CCCCNCCNC(=O)c1nonc1N. The molecule has 0 fully saturated rings. The Morgan fingerprint density at radius 1 is 1.38 bits per heavy atom. The summed E-state index contributed by atoms with van der Waals surface area (Å²) in [6.45, 7) is 4.33. The van der Waals surface area contributed by atoms with Crippen LogP contribution >= 0.6 is 0 Å². The van der Waals surface area contributed by atoms with Crippen molar-refractivity contribution in [3.8, 4) is 0 Å². The predicted molar refractivity (Wildman–Crippen MR) is 58.8 cm³/mol. The summed E-state index contributed by atoms with van der Waals surface area (Å²) >= 11 is 0. The number of carbonyl (C=O) groups excluding carboxylic acids is 1. The molecule has 0 aliphatic heterocycles. The molecule has 1 aromatic heterocycles. The van der Waals surface area contributed by atoms with Gasteiger partial charge in [-0.05, 0) is 23.3 Å². The number of nitrogens with zero attached hydrogens (tertiary/aromatic N) is 2. The smallest absolute Gasteiger partial charge is 0.277 e. The molecular weight excluding hydrogens is 210 g/mol. The lowest BCUT2D eigenvalue weighted by molar-refractivity contribution is 0.0944. The van der Waals surface area contributed by atoms with E-state index in [1.165, 1.54) is 0 Å². The van der Waals surface area contributed by atoms with Crippen LogP contribution in [0.1, 0.15) is 30.3 Å². The van der Waals surface area contributed by atoms with Crippen molar-refractivity contribution in [1.82, 2.24) is 20.9 Å². The molecule has 16 heavy (non-hydrogen) atoms. The van der Waals surface area contributed by atoms with E-state index in [1.807, 2.05) is 0 Å². The van der Waals surface area contributed by atoms with Crippen LogP contribution in [0.25, 0.3) is 0 Å². The Hall–Kier alpha value is -1.63. The first-order valence-electron chi connectivity index (χ1n) is 5.32. The van der Waals surface area contributed by atoms with Crippen molar-refractivity contribution >= 4 is 11.7 Å². The van der Waals surface area contributed by atoms with Crippen LogP contribution in [-0.4, -0.2) is 35.9 Å². The quantitative estimate of drug-likeness (QED) is 0.556. The summed E-state index contributed by atoms with van der Waals surface area (Å²) in [5, 5.41) is 12.6. The van der Waals surface area contributed by atoms with Crippen LogP contribution in [-0.2, 0) is 0 Å². The van der Waals surface area contributed by atoms with E-state index in [9.17, 15) is 4.79 Å². The van der Waals surface area contributed by atoms with Crippen LogP contribution < -0.4 is 16.4 Å². The Bertz CT molecular complexity index is 325. The minimum atomic E-state index is -0.365. The molecule has 7 heteroatoms. The summed E-state index contributed by atoms with van der Waals surface area (Å²) in [5.41, 5.74) is 5.40. The van der Waals surface area contributed by atoms with Crippen LogP contribution in [0.4, 0.5) is 5.82 Å². The molecule has 4 N–H and O–H groups in total. The molecule has 0 saturated heterocycles. The summed E-state index contributed by atoms with van der Waals surface area (Å²) in [5.74, 6) is -0.354. The molecule has 0 saturated carbocycles. The van der Waals surface area contributed by atoms with Gasteiger partial charge in [-0.25, -0.2) is 4.63 Å². The van der Waals surface area contributed by atoms with E-state index in [0.29, 0.717) is 6.54 Å². The van der Waals surface area contributed by atoms with Gasteiger partial charge in [-0.3, -0.25) is 4.79 Å². The van der Waals surface area contributed by atoms with Gasteiger partial charge in [0.15, 0.2) is 0 Å². The Kier molecular flexibility index (Phi) is 5.27. The molecule has 1 rings (SSSR count). The molecule has 0 aliphatic carbocycles. The van der Waals surface area contributed by atoms with Gasteiger partial charge in [-0.15, -0.1) is 0 Å². The maximum Gasteiger partial charge on any atom is 0.277 e. The lowest BCUT2D eigenvalue weighted by Crippen LogP contribution is -2.32. The highest BCUT2D eigenvalue weighted by Crippen LogP contribution is 2.02. The molecular formula is C9H17N5O2. The fraction of sp³-hybridized carbons (Fsp3) is 0.667. The zero-order chi connectivity index (χ0) is 11.8. The molecule has 1 aromatic rings. The summed E-state index contributed by atoms with van der Waals surface area (Å²) in [7, 11) is 0. The Labute approximate surface area is 93.7 Å². The van der Waals surface area contributed by atoms with Crippen molar-refractivity contribution in [3.05, 3.63) is 5.69 Å². The molecule has 0 atom stereocenters. The summed E-state index contributed by atoms with van der Waals surface area (Å²) in [6, 6.07) is 0. The standard InChI is InChI=1S/C9H17N5O2/c1-2-3-4-11-5-6-12-9(15)7-8(10)14-16-13-7/h11H,2-6H2,1H3,(H2,10,14)(H,12,15). The Morgan fingerprint density at radius 2 is 2.19 bits per heavy atom. The van der Waals surface area contributed by atoms with Gasteiger partial charge in [0.05, 0.1) is 0 Å². The predicted octanol–water partition coefficient (Wildman–Crippen LogP) is -0.229. The highest BCUT2D eigenvalue weighted by Gasteiger charge is 2.14. The number of nitrogens with one attached hydrogen (secondary N) is 2. The average Bonchev–Trinajstić information content (AvgIpc) is 2.69. The number of nitrogen functional groups attached to an aromatic ring is 1. The van der Waals surface area contributed by atoms with E-state index in [1.54, 1.807) is 0 Å². The van der Waals surface area contributed by atoms with Crippen LogP contribution in [0.2, 0.25) is 0 Å². The second-order valence-corrected chi connectivity index (χ2v) is 3.36. The minimum absolute atomic E-state index is 0.0106. The third kappa shape index (κ3) is 3.85. The number of nitrogens with two attached hydrogens (primary N) is 1. The van der Waals surface area contributed by atoms with Crippen LogP contribution in [0, 0.1) is 0 Å². The van der Waals surface area contributed by atoms with Gasteiger partial charge in [0.2, 0.25) is 11.5 Å². The maximum absolute atomic E-state index is 11.4. The lowest BCUT2D eigenvalue weighted by atomic mass is 10.3. The molecule has 0 radical (unpaired) electrons. The second-order valence-electron chi connectivity index (χ2n) is 3.36. The molecule has 1 heterocycles. The number of anilines is 1. The van der Waals surface area contributed by atoms with Crippen molar-refractivity contribution < 1.29 is 9.42 Å². The number of rotatable bonds is 7. The number of unbranched alkanes of at least 4 members (excludes halogenated alkanes) is 1. The third-order valence-corrected chi connectivity index (χ3v) is 2.02. The van der Waals surface area contributed by atoms with Gasteiger partial charge in [-0.2, -0.15) is 0 Å². The maximum atomic E-state index is 11.4. The fourth-order valence-electron chi connectivity index (χ4n) is 1.13. The largest absolute Gasteiger partial charge is 0.379 e. The third-order valence-electron chi connectivity index (χ3n) is 2.02. The highest BCUT2D eigenvalue weighted by atomic mass is 16.6. The highest BCUT2D eigenvalue weighted by molar-refractivity contribution is 5.95. The van der Waals surface area contributed by atoms with Crippen molar-refractivity contribution in [3.63, 3.8) is 0 Å². The van der Waals surface area contributed by atoms with Gasteiger partial charge < -0.3 is 16.4 Å². The van der Waals surface area contributed by atoms with E-state index in [-0.39, 0.29) is 17.4 Å². The molecule has 0 spiro atoms. The van der Waals surface area contributed by atoms with Gasteiger partial charge in [0, 0.05) is 13.1 Å². The van der Waals surface area contributed by atoms with Crippen LogP contribution in [0.15, 0.2) is 4.63 Å². The van der Waals surface area contributed by atoms with E-state index >= 15 is 0 Å². The van der Waals surface area contributed by atoms with E-state index < -0.39 is 0 Å². The first-order chi connectivity index (χ1) is 7.75. The van der Waals surface area contributed by atoms with Crippen LogP contribution in [0.3, 0.4) is 0 Å². The molecule has 90 valence electrons. The Balaban J connectivity index is 2.14. The number of hydrogen-bond acceptors (Lipinski definition) is 6. The first kappa shape index (κ1) is 12.4. The van der Waals surface area contributed by atoms with Gasteiger partial charge in [0.25, 0.3) is 5.91 Å². The summed E-state index contributed by atoms with van der Waals surface area (Å²) in [6.07, 6.45) is 2.29. The number of carbonyl (C=O) groups is 1. The summed E-state index contributed by atoms with van der Waals surface area (Å²) in [4.78, 5) is 11.4. The normalized spacial score (nSPS) is 10.3. The van der Waals surface area contributed by atoms with Crippen molar-refractivity contribution in [2.45, 2.75) is 19.8 Å².